The van der Waals surface area contributed by atoms with E-state index in [1.807, 2.05) is 24.3 Å². The fourth-order valence-corrected chi connectivity index (χ4v) is 1.67. The number of hydrogen-bond acceptors (Lipinski definition) is 3. The van der Waals surface area contributed by atoms with Crippen molar-refractivity contribution in [1.29, 1.82) is 0 Å². The van der Waals surface area contributed by atoms with Crippen LogP contribution in [0.4, 0.5) is 0 Å². The second-order valence-corrected chi connectivity index (χ2v) is 3.84. The molecule has 1 aromatic carbocycles. The van der Waals surface area contributed by atoms with E-state index in [1.54, 1.807) is 13.0 Å². The van der Waals surface area contributed by atoms with Crippen LogP contribution in [-0.2, 0) is 0 Å². The van der Waals surface area contributed by atoms with Crippen molar-refractivity contribution >= 4 is 17.0 Å². The molecule has 2 aromatic rings. The molecular weight excluding hydrogens is 216 g/mol. The van der Waals surface area contributed by atoms with Crippen LogP contribution in [0.5, 0.6) is 0 Å². The maximum Gasteiger partial charge on any atom is 0.258 e. The largest absolute Gasteiger partial charge is 0.396 e. The summed E-state index contributed by atoms with van der Waals surface area (Å²) in [6.45, 7) is 1.89. The summed E-state index contributed by atoms with van der Waals surface area (Å²) in [6, 6.07) is 5.53. The Morgan fingerprint density at radius 1 is 1.47 bits per heavy atom. The normalized spacial score (nSPS) is 11.4. The molecule has 0 bridgehead atoms. The van der Waals surface area contributed by atoms with E-state index in [9.17, 15) is 4.79 Å². The van der Waals surface area contributed by atoms with Gasteiger partial charge in [0.2, 0.25) is 0 Å². The van der Waals surface area contributed by atoms with Crippen LogP contribution in [0.25, 0.3) is 17.0 Å². The number of aromatic amines is 1. The molecule has 0 aliphatic rings. The molecule has 4 heteroatoms. The second-order valence-electron chi connectivity index (χ2n) is 3.84. The summed E-state index contributed by atoms with van der Waals surface area (Å²) in [7, 11) is 0. The van der Waals surface area contributed by atoms with Gasteiger partial charge in [-0.05, 0) is 31.0 Å². The number of nitrogens with zero attached hydrogens (tertiary/aromatic N) is 1. The first-order chi connectivity index (χ1) is 8.20. The molecule has 0 saturated carbocycles. The van der Waals surface area contributed by atoms with E-state index in [0.29, 0.717) is 23.1 Å². The van der Waals surface area contributed by atoms with Crippen molar-refractivity contribution in [1.82, 2.24) is 9.97 Å². The van der Waals surface area contributed by atoms with Gasteiger partial charge in [0.25, 0.3) is 5.56 Å². The first-order valence-corrected chi connectivity index (χ1v) is 5.49. The van der Waals surface area contributed by atoms with Crippen LogP contribution < -0.4 is 5.56 Å². The summed E-state index contributed by atoms with van der Waals surface area (Å²) < 4.78 is 0. The van der Waals surface area contributed by atoms with E-state index in [2.05, 4.69) is 9.97 Å². The van der Waals surface area contributed by atoms with Crippen molar-refractivity contribution < 1.29 is 5.11 Å². The molecule has 2 N–H and O–H groups in total. The molecule has 0 amide bonds. The monoisotopic (exact) mass is 230 g/mol. The molecule has 0 atom stereocenters. The third kappa shape index (κ3) is 2.60. The number of rotatable bonds is 3. The van der Waals surface area contributed by atoms with Crippen LogP contribution in [0, 0.1) is 6.92 Å². The molecule has 88 valence electrons. The summed E-state index contributed by atoms with van der Waals surface area (Å²) >= 11 is 0. The van der Waals surface area contributed by atoms with E-state index in [1.165, 1.54) is 0 Å². The number of aliphatic hydroxyl groups excluding tert-OH is 1. The van der Waals surface area contributed by atoms with Gasteiger partial charge >= 0.3 is 0 Å². The number of H-pyrrole nitrogens is 1. The summed E-state index contributed by atoms with van der Waals surface area (Å²) in [5.74, 6) is 0.617. The fourth-order valence-electron chi connectivity index (χ4n) is 1.67. The molecule has 0 aliphatic heterocycles. The fraction of sp³-hybridized carbons (Fsp3) is 0.231. The zero-order chi connectivity index (χ0) is 12.3. The van der Waals surface area contributed by atoms with Gasteiger partial charge in [0.1, 0.15) is 5.82 Å². The highest BCUT2D eigenvalue weighted by Gasteiger charge is 2.01. The highest BCUT2D eigenvalue weighted by molar-refractivity contribution is 5.80. The molecule has 0 spiro atoms. The van der Waals surface area contributed by atoms with E-state index in [0.717, 1.165) is 5.56 Å². The number of nitrogens with one attached hydrogen (secondary N) is 1. The van der Waals surface area contributed by atoms with Gasteiger partial charge in [-0.1, -0.05) is 18.2 Å². The minimum absolute atomic E-state index is 0.120. The van der Waals surface area contributed by atoms with Gasteiger partial charge in [-0.2, -0.15) is 0 Å². The minimum Gasteiger partial charge on any atom is -0.396 e. The number of aromatic nitrogens is 2. The maximum absolute atomic E-state index is 11.7. The van der Waals surface area contributed by atoms with E-state index in [4.69, 9.17) is 5.11 Å². The Morgan fingerprint density at radius 3 is 3.06 bits per heavy atom. The Hall–Kier alpha value is -1.94. The standard InChI is InChI=1S/C13H14N2O2/c1-9-14-12-6-5-10(4-2-3-7-16)8-11(12)13(17)15-9/h2,4-6,8,16H,3,7H2,1H3,(H,14,15,17). The molecule has 0 aliphatic carbocycles. The second kappa shape index (κ2) is 4.93. The maximum atomic E-state index is 11.7. The van der Waals surface area contributed by atoms with Crippen molar-refractivity contribution in [2.45, 2.75) is 13.3 Å². The lowest BCUT2D eigenvalue weighted by molar-refractivity contribution is 0.303. The Kier molecular flexibility index (Phi) is 3.35. The molecule has 2 rings (SSSR count). The first kappa shape index (κ1) is 11.5. The molecular formula is C13H14N2O2. The van der Waals surface area contributed by atoms with Gasteiger partial charge in [-0.3, -0.25) is 4.79 Å². The quantitative estimate of drug-likeness (QED) is 0.842. The summed E-state index contributed by atoms with van der Waals surface area (Å²) in [4.78, 5) is 18.7. The van der Waals surface area contributed by atoms with Crippen LogP contribution in [0.3, 0.4) is 0 Å². The van der Waals surface area contributed by atoms with E-state index >= 15 is 0 Å². The number of aliphatic hydroxyl groups is 1. The van der Waals surface area contributed by atoms with Crippen LogP contribution in [0.15, 0.2) is 29.1 Å². The Bertz CT molecular complexity index is 614. The lowest BCUT2D eigenvalue weighted by atomic mass is 10.1. The lowest BCUT2D eigenvalue weighted by Gasteiger charge is -2.00. The van der Waals surface area contributed by atoms with Gasteiger partial charge in [-0.15, -0.1) is 0 Å². The van der Waals surface area contributed by atoms with E-state index < -0.39 is 0 Å². The van der Waals surface area contributed by atoms with Crippen LogP contribution in [-0.4, -0.2) is 21.7 Å². The molecule has 0 radical (unpaired) electrons. The summed E-state index contributed by atoms with van der Waals surface area (Å²) in [5.41, 5.74) is 1.51. The van der Waals surface area contributed by atoms with Gasteiger partial charge < -0.3 is 10.1 Å². The topological polar surface area (TPSA) is 66.0 Å². The molecule has 0 saturated heterocycles. The van der Waals surface area contributed by atoms with Gasteiger partial charge in [0, 0.05) is 6.61 Å². The molecule has 4 nitrogen and oxygen atoms in total. The smallest absolute Gasteiger partial charge is 0.258 e. The zero-order valence-electron chi connectivity index (χ0n) is 9.60. The van der Waals surface area contributed by atoms with Gasteiger partial charge in [-0.25, -0.2) is 4.98 Å². The van der Waals surface area contributed by atoms with Crippen molar-refractivity contribution in [3.63, 3.8) is 0 Å². The van der Waals surface area contributed by atoms with Crippen LogP contribution in [0.1, 0.15) is 17.8 Å². The van der Waals surface area contributed by atoms with Crippen LogP contribution in [0.2, 0.25) is 0 Å². The number of aryl methyl sites for hydroxylation is 1. The SMILES string of the molecule is Cc1nc2ccc(C=CCCO)cc2c(=O)[nH]1. The average molecular weight is 230 g/mol. The van der Waals surface area contributed by atoms with E-state index in [-0.39, 0.29) is 12.2 Å². The Morgan fingerprint density at radius 2 is 2.29 bits per heavy atom. The Balaban J connectivity index is 2.47. The highest BCUT2D eigenvalue weighted by atomic mass is 16.2. The van der Waals surface area contributed by atoms with Gasteiger partial charge in [0.05, 0.1) is 10.9 Å². The molecule has 17 heavy (non-hydrogen) atoms. The van der Waals surface area contributed by atoms with Gasteiger partial charge in [0.15, 0.2) is 0 Å². The lowest BCUT2D eigenvalue weighted by Crippen LogP contribution is -2.09. The first-order valence-electron chi connectivity index (χ1n) is 5.49. The van der Waals surface area contributed by atoms with Crippen molar-refractivity contribution in [3.8, 4) is 0 Å². The average Bonchev–Trinajstić information content (AvgIpc) is 2.30. The predicted octanol–water partition coefficient (Wildman–Crippen LogP) is 1.63. The third-order valence-electron chi connectivity index (χ3n) is 2.45. The molecule has 1 heterocycles. The molecule has 0 fully saturated rings. The summed E-state index contributed by atoms with van der Waals surface area (Å²) in [6.07, 6.45) is 4.37. The van der Waals surface area contributed by atoms with Crippen LogP contribution >= 0.6 is 0 Å². The zero-order valence-corrected chi connectivity index (χ0v) is 9.60. The summed E-state index contributed by atoms with van der Waals surface area (Å²) in [5, 5.41) is 9.26. The Labute approximate surface area is 98.6 Å². The minimum atomic E-state index is -0.120. The third-order valence-corrected chi connectivity index (χ3v) is 2.45. The van der Waals surface area contributed by atoms with Crippen molar-refractivity contribution in [2.24, 2.45) is 0 Å². The van der Waals surface area contributed by atoms with Crippen molar-refractivity contribution in [2.75, 3.05) is 6.61 Å². The highest BCUT2D eigenvalue weighted by Crippen LogP contribution is 2.11. The number of benzene rings is 1. The van der Waals surface area contributed by atoms with Crippen molar-refractivity contribution in [3.05, 3.63) is 46.0 Å². The predicted molar refractivity (Wildman–Crippen MR) is 67.8 cm³/mol. The number of fused-ring (bicyclic) bond motifs is 1. The number of hydrogen-bond donors (Lipinski definition) is 2. The molecule has 0 unspecified atom stereocenters. The molecule has 1 aromatic heterocycles.